The Hall–Kier alpha value is -1.82. The number of benzene rings is 1. The molecule has 1 unspecified atom stereocenters. The van der Waals surface area contributed by atoms with Crippen molar-refractivity contribution in [1.82, 2.24) is 0 Å². The number of nitro groups is 1. The molecule has 1 aliphatic heterocycles. The van der Waals surface area contributed by atoms with Crippen LogP contribution < -0.4 is 10.1 Å². The van der Waals surface area contributed by atoms with Crippen LogP contribution in [0, 0.1) is 10.1 Å². The summed E-state index contributed by atoms with van der Waals surface area (Å²) in [6.07, 6.45) is 1.99. The van der Waals surface area contributed by atoms with E-state index in [4.69, 9.17) is 9.47 Å². The van der Waals surface area contributed by atoms with Crippen LogP contribution in [0.15, 0.2) is 18.2 Å². The van der Waals surface area contributed by atoms with E-state index < -0.39 is 4.92 Å². The first-order valence-corrected chi connectivity index (χ1v) is 6.24. The summed E-state index contributed by atoms with van der Waals surface area (Å²) in [6.45, 7) is 3.32. The van der Waals surface area contributed by atoms with Gasteiger partial charge in [-0.25, -0.2) is 0 Å². The summed E-state index contributed by atoms with van der Waals surface area (Å²) in [5, 5.41) is 14.2. The van der Waals surface area contributed by atoms with Gasteiger partial charge in [0.1, 0.15) is 11.4 Å². The van der Waals surface area contributed by atoms with E-state index in [1.54, 1.807) is 12.1 Å². The maximum Gasteiger partial charge on any atom is 0.296 e. The van der Waals surface area contributed by atoms with Crippen LogP contribution >= 0.6 is 0 Å². The predicted molar refractivity (Wildman–Crippen MR) is 71.7 cm³/mol. The number of hydrogen-bond acceptors (Lipinski definition) is 5. The highest BCUT2D eigenvalue weighted by atomic mass is 16.6. The lowest BCUT2D eigenvalue weighted by Crippen LogP contribution is -2.32. The highest BCUT2D eigenvalue weighted by Gasteiger charge is 2.30. The minimum Gasteiger partial charge on any atom is -0.496 e. The molecule has 2 rings (SSSR count). The summed E-state index contributed by atoms with van der Waals surface area (Å²) in [4.78, 5) is 10.6. The molecule has 0 saturated carbocycles. The maximum atomic E-state index is 11.0. The average molecular weight is 266 g/mol. The molecule has 104 valence electrons. The molecule has 19 heavy (non-hydrogen) atoms. The van der Waals surface area contributed by atoms with Crippen LogP contribution in [0.3, 0.4) is 0 Å². The van der Waals surface area contributed by atoms with E-state index in [1.165, 1.54) is 13.2 Å². The van der Waals surface area contributed by atoms with E-state index in [-0.39, 0.29) is 11.3 Å². The summed E-state index contributed by atoms with van der Waals surface area (Å²) in [5.41, 5.74) is 0.261. The highest BCUT2D eigenvalue weighted by molar-refractivity contribution is 5.64. The van der Waals surface area contributed by atoms with Crippen molar-refractivity contribution >= 4 is 11.4 Å². The lowest BCUT2D eigenvalue weighted by atomic mass is 10.0. The second kappa shape index (κ2) is 5.44. The molecule has 1 fully saturated rings. The SMILES string of the molecule is COc1ccc(NCC2(C)CCCO2)c([N+](=O)[O-])c1. The van der Waals surface area contributed by atoms with E-state index in [0.29, 0.717) is 18.0 Å². The van der Waals surface area contributed by atoms with E-state index >= 15 is 0 Å². The smallest absolute Gasteiger partial charge is 0.296 e. The van der Waals surface area contributed by atoms with Gasteiger partial charge in [-0.05, 0) is 31.9 Å². The van der Waals surface area contributed by atoms with Crippen LogP contribution in [-0.4, -0.2) is 30.8 Å². The molecule has 0 spiro atoms. The molecule has 1 N–H and O–H groups in total. The molecule has 0 amide bonds. The first-order valence-electron chi connectivity index (χ1n) is 6.24. The van der Waals surface area contributed by atoms with Gasteiger partial charge in [0.05, 0.1) is 23.7 Å². The van der Waals surface area contributed by atoms with Crippen molar-refractivity contribution in [3.05, 3.63) is 28.3 Å². The summed E-state index contributed by atoms with van der Waals surface area (Å²) < 4.78 is 10.7. The van der Waals surface area contributed by atoms with Gasteiger partial charge >= 0.3 is 0 Å². The number of hydrogen-bond donors (Lipinski definition) is 1. The molecule has 6 heteroatoms. The topological polar surface area (TPSA) is 73.6 Å². The van der Waals surface area contributed by atoms with Gasteiger partial charge < -0.3 is 14.8 Å². The van der Waals surface area contributed by atoms with Gasteiger partial charge in [0, 0.05) is 13.2 Å². The van der Waals surface area contributed by atoms with Gasteiger partial charge in [-0.2, -0.15) is 0 Å². The lowest BCUT2D eigenvalue weighted by Gasteiger charge is -2.23. The predicted octanol–water partition coefficient (Wildman–Crippen LogP) is 2.58. The number of ether oxygens (including phenoxy) is 2. The Balaban J connectivity index is 2.13. The largest absolute Gasteiger partial charge is 0.496 e. The second-order valence-electron chi connectivity index (χ2n) is 4.90. The van der Waals surface area contributed by atoms with Crippen LogP contribution in [0.1, 0.15) is 19.8 Å². The molecule has 0 radical (unpaired) electrons. The Bertz CT molecular complexity index is 470. The first kappa shape index (κ1) is 13.6. The molecular weight excluding hydrogens is 248 g/mol. The quantitative estimate of drug-likeness (QED) is 0.655. The third-order valence-corrected chi connectivity index (χ3v) is 3.35. The number of methoxy groups -OCH3 is 1. The maximum absolute atomic E-state index is 11.0. The van der Waals surface area contributed by atoms with Crippen LogP contribution in [0.25, 0.3) is 0 Å². The fraction of sp³-hybridized carbons (Fsp3) is 0.538. The van der Waals surface area contributed by atoms with Crippen molar-refractivity contribution in [1.29, 1.82) is 0 Å². The molecule has 1 heterocycles. The molecule has 1 aliphatic rings. The number of rotatable bonds is 5. The molecule has 0 aromatic heterocycles. The third-order valence-electron chi connectivity index (χ3n) is 3.35. The van der Waals surface area contributed by atoms with E-state index in [2.05, 4.69) is 5.32 Å². The van der Waals surface area contributed by atoms with Crippen molar-refractivity contribution < 1.29 is 14.4 Å². The molecule has 0 aliphatic carbocycles. The highest BCUT2D eigenvalue weighted by Crippen LogP contribution is 2.31. The Morgan fingerprint density at radius 3 is 2.95 bits per heavy atom. The molecule has 1 atom stereocenters. The second-order valence-corrected chi connectivity index (χ2v) is 4.90. The molecule has 0 bridgehead atoms. The zero-order valence-electron chi connectivity index (χ0n) is 11.1. The Morgan fingerprint density at radius 2 is 2.37 bits per heavy atom. The van der Waals surface area contributed by atoms with Crippen LogP contribution in [0.5, 0.6) is 5.75 Å². The van der Waals surface area contributed by atoms with Crippen molar-refractivity contribution in [3.63, 3.8) is 0 Å². The van der Waals surface area contributed by atoms with Crippen molar-refractivity contribution in [2.75, 3.05) is 25.6 Å². The van der Waals surface area contributed by atoms with Gasteiger partial charge in [0.2, 0.25) is 0 Å². The van der Waals surface area contributed by atoms with Crippen LogP contribution in [0.4, 0.5) is 11.4 Å². The Labute approximate surface area is 111 Å². The standard InChI is InChI=1S/C13H18N2O4/c1-13(6-3-7-19-13)9-14-11-5-4-10(18-2)8-12(11)15(16)17/h4-5,8,14H,3,6-7,9H2,1-2H3. The fourth-order valence-electron chi connectivity index (χ4n) is 2.20. The zero-order chi connectivity index (χ0) is 13.9. The number of nitrogens with zero attached hydrogens (tertiary/aromatic N) is 1. The van der Waals surface area contributed by atoms with Crippen molar-refractivity contribution in [2.24, 2.45) is 0 Å². The van der Waals surface area contributed by atoms with E-state index in [1.807, 2.05) is 6.92 Å². The van der Waals surface area contributed by atoms with Crippen molar-refractivity contribution in [3.8, 4) is 5.75 Å². The average Bonchev–Trinajstić information content (AvgIpc) is 2.83. The number of nitro benzene ring substituents is 1. The fourth-order valence-corrected chi connectivity index (χ4v) is 2.20. The Morgan fingerprint density at radius 1 is 1.58 bits per heavy atom. The van der Waals surface area contributed by atoms with Crippen molar-refractivity contribution in [2.45, 2.75) is 25.4 Å². The lowest BCUT2D eigenvalue weighted by molar-refractivity contribution is -0.384. The minimum absolute atomic E-state index is 0.0148. The third kappa shape index (κ3) is 3.14. The zero-order valence-corrected chi connectivity index (χ0v) is 11.1. The summed E-state index contributed by atoms with van der Waals surface area (Å²) in [7, 11) is 1.49. The molecule has 1 aromatic rings. The van der Waals surface area contributed by atoms with Crippen LogP contribution in [-0.2, 0) is 4.74 Å². The summed E-state index contributed by atoms with van der Waals surface area (Å²) in [5.74, 6) is 0.473. The van der Waals surface area contributed by atoms with Gasteiger partial charge in [-0.15, -0.1) is 0 Å². The van der Waals surface area contributed by atoms with Gasteiger partial charge in [-0.1, -0.05) is 0 Å². The molecule has 6 nitrogen and oxygen atoms in total. The molecule has 1 saturated heterocycles. The van der Waals surface area contributed by atoms with Gasteiger partial charge in [0.15, 0.2) is 0 Å². The monoisotopic (exact) mass is 266 g/mol. The number of anilines is 1. The van der Waals surface area contributed by atoms with E-state index in [0.717, 1.165) is 19.4 Å². The minimum atomic E-state index is -0.414. The number of nitrogens with one attached hydrogen (secondary N) is 1. The summed E-state index contributed by atoms with van der Waals surface area (Å²) in [6, 6.07) is 4.78. The normalized spacial score (nSPS) is 22.2. The molecule has 1 aromatic carbocycles. The van der Waals surface area contributed by atoms with Gasteiger partial charge in [0.25, 0.3) is 5.69 Å². The van der Waals surface area contributed by atoms with Gasteiger partial charge in [-0.3, -0.25) is 10.1 Å². The first-order chi connectivity index (χ1) is 9.04. The van der Waals surface area contributed by atoms with Crippen LogP contribution in [0.2, 0.25) is 0 Å². The summed E-state index contributed by atoms with van der Waals surface area (Å²) >= 11 is 0. The molecular formula is C13H18N2O4. The Kier molecular flexibility index (Phi) is 3.90. The van der Waals surface area contributed by atoms with E-state index in [9.17, 15) is 10.1 Å².